The van der Waals surface area contributed by atoms with Crippen molar-refractivity contribution in [3.63, 3.8) is 0 Å². The Labute approximate surface area is 229 Å². The molecule has 0 aromatic heterocycles. The first-order valence-electron chi connectivity index (χ1n) is 13.1. The summed E-state index contributed by atoms with van der Waals surface area (Å²) in [7, 11) is 0. The molecule has 0 radical (unpaired) electrons. The number of carbonyl (C=O) groups is 2. The molecule has 39 heavy (non-hydrogen) atoms. The second kappa shape index (κ2) is 15.8. The molecule has 2 aromatic rings. The predicted octanol–water partition coefficient (Wildman–Crippen LogP) is 5.18. The van der Waals surface area contributed by atoms with E-state index in [1.165, 1.54) is 44.4 Å². The van der Waals surface area contributed by atoms with E-state index in [2.05, 4.69) is 32.2 Å². The number of rotatable bonds is 16. The first-order chi connectivity index (χ1) is 18.5. The number of hydrogen-bond acceptors (Lipinski definition) is 7. The molecule has 0 spiro atoms. The van der Waals surface area contributed by atoms with Gasteiger partial charge in [-0.2, -0.15) is 0 Å². The summed E-state index contributed by atoms with van der Waals surface area (Å²) < 4.78 is 30.9. The van der Waals surface area contributed by atoms with Crippen LogP contribution in [0.25, 0.3) is 11.1 Å². The minimum absolute atomic E-state index is 0.0145. The Morgan fingerprint density at radius 2 is 1.38 bits per heavy atom. The van der Waals surface area contributed by atoms with Crippen LogP contribution in [-0.4, -0.2) is 54.2 Å². The average Bonchev–Trinajstić information content (AvgIpc) is 2.92. The summed E-state index contributed by atoms with van der Waals surface area (Å²) >= 11 is 0. The lowest BCUT2D eigenvalue weighted by Crippen LogP contribution is -2.28. The Bertz CT molecular complexity index is 1090. The van der Waals surface area contributed by atoms with Crippen molar-refractivity contribution in [1.82, 2.24) is 0 Å². The second-order valence-electron chi connectivity index (χ2n) is 9.58. The third kappa shape index (κ3) is 10.3. The number of ether oxygens (including phenoxy) is 3. The van der Waals surface area contributed by atoms with Crippen LogP contribution in [0.5, 0.6) is 5.75 Å². The molecule has 2 unspecified atom stereocenters. The molecule has 8 heteroatoms. The van der Waals surface area contributed by atoms with Crippen LogP contribution >= 0.6 is 0 Å². The Kier molecular flexibility index (Phi) is 12.9. The SMILES string of the molecule is C=C(C(=O)OCC(COC(=O)C(=C)C(C)O)COc1ccc(-c2ccc(CCCCC)cc2)cc1F)C(C)O. The van der Waals surface area contributed by atoms with E-state index in [4.69, 9.17) is 14.2 Å². The first kappa shape index (κ1) is 31.7. The van der Waals surface area contributed by atoms with Crippen molar-refractivity contribution in [2.45, 2.75) is 58.7 Å². The van der Waals surface area contributed by atoms with Gasteiger partial charge in [-0.3, -0.25) is 0 Å². The van der Waals surface area contributed by atoms with E-state index in [1.54, 1.807) is 6.07 Å². The first-order valence-corrected chi connectivity index (χ1v) is 13.1. The third-order valence-electron chi connectivity index (χ3n) is 6.20. The van der Waals surface area contributed by atoms with Crippen LogP contribution in [0, 0.1) is 11.7 Å². The number of esters is 2. The van der Waals surface area contributed by atoms with Crippen LogP contribution < -0.4 is 4.74 Å². The maximum atomic E-state index is 14.9. The zero-order chi connectivity index (χ0) is 28.9. The molecular formula is C31H39FO7. The smallest absolute Gasteiger partial charge is 0.336 e. The lowest BCUT2D eigenvalue weighted by molar-refractivity contribution is -0.145. The third-order valence-corrected chi connectivity index (χ3v) is 6.20. The summed E-state index contributed by atoms with van der Waals surface area (Å²) in [5.74, 6) is -2.90. The molecule has 2 aromatic carbocycles. The lowest BCUT2D eigenvalue weighted by atomic mass is 10.0. The zero-order valence-corrected chi connectivity index (χ0v) is 23.0. The number of halogens is 1. The average molecular weight is 543 g/mol. The van der Waals surface area contributed by atoms with Gasteiger partial charge in [-0.05, 0) is 55.5 Å². The summed E-state index contributed by atoms with van der Waals surface area (Å²) in [6, 6.07) is 12.7. The number of aliphatic hydroxyl groups excluding tert-OH is 2. The Hall–Kier alpha value is -3.49. The van der Waals surface area contributed by atoms with Gasteiger partial charge in [0.1, 0.15) is 13.2 Å². The molecule has 0 aliphatic carbocycles. The minimum atomic E-state index is -1.09. The molecule has 7 nitrogen and oxygen atoms in total. The highest BCUT2D eigenvalue weighted by Crippen LogP contribution is 2.27. The van der Waals surface area contributed by atoms with Crippen LogP contribution in [0.4, 0.5) is 4.39 Å². The predicted molar refractivity (Wildman–Crippen MR) is 148 cm³/mol. The van der Waals surface area contributed by atoms with Crippen molar-refractivity contribution < 1.29 is 38.4 Å². The molecule has 2 atom stereocenters. The van der Waals surface area contributed by atoms with Crippen molar-refractivity contribution in [3.05, 3.63) is 78.1 Å². The quantitative estimate of drug-likeness (QED) is 0.171. The van der Waals surface area contributed by atoms with E-state index in [-0.39, 0.29) is 36.7 Å². The molecule has 0 heterocycles. The highest BCUT2D eigenvalue weighted by Gasteiger charge is 2.21. The number of benzene rings is 2. The Morgan fingerprint density at radius 3 is 1.87 bits per heavy atom. The van der Waals surface area contributed by atoms with Gasteiger partial charge in [-0.25, -0.2) is 14.0 Å². The van der Waals surface area contributed by atoms with Gasteiger partial charge in [0, 0.05) is 0 Å². The highest BCUT2D eigenvalue weighted by atomic mass is 19.1. The second-order valence-corrected chi connectivity index (χ2v) is 9.58. The summed E-state index contributed by atoms with van der Waals surface area (Å²) in [6.45, 7) is 11.2. The van der Waals surface area contributed by atoms with E-state index in [0.717, 1.165) is 18.4 Å². The van der Waals surface area contributed by atoms with Crippen LogP contribution in [-0.2, 0) is 25.5 Å². The molecular weight excluding hydrogens is 503 g/mol. The van der Waals surface area contributed by atoms with E-state index in [1.807, 2.05) is 12.1 Å². The van der Waals surface area contributed by atoms with E-state index in [0.29, 0.717) is 5.56 Å². The van der Waals surface area contributed by atoms with E-state index >= 15 is 0 Å². The lowest BCUT2D eigenvalue weighted by Gasteiger charge is -2.19. The number of carbonyl (C=O) groups excluding carboxylic acids is 2. The summed E-state index contributed by atoms with van der Waals surface area (Å²) in [5, 5.41) is 19.0. The van der Waals surface area contributed by atoms with Crippen molar-refractivity contribution in [3.8, 4) is 16.9 Å². The van der Waals surface area contributed by atoms with Crippen molar-refractivity contribution in [2.24, 2.45) is 5.92 Å². The summed E-state index contributed by atoms with van der Waals surface area (Å²) in [5.41, 5.74) is 2.56. The number of unbranched alkanes of at least 4 members (excludes halogenated alkanes) is 2. The Balaban J connectivity index is 2.05. The molecule has 0 saturated carbocycles. The van der Waals surface area contributed by atoms with Crippen LogP contribution in [0.15, 0.2) is 66.8 Å². The van der Waals surface area contributed by atoms with Gasteiger partial charge in [0.05, 0.1) is 35.9 Å². The molecule has 0 fully saturated rings. The van der Waals surface area contributed by atoms with Gasteiger partial charge < -0.3 is 24.4 Å². The maximum Gasteiger partial charge on any atom is 0.336 e. The van der Waals surface area contributed by atoms with E-state index < -0.39 is 35.9 Å². The van der Waals surface area contributed by atoms with Gasteiger partial charge in [-0.15, -0.1) is 0 Å². The normalized spacial score (nSPS) is 13.2. The minimum Gasteiger partial charge on any atom is -0.490 e. The van der Waals surface area contributed by atoms with Gasteiger partial charge in [0.15, 0.2) is 11.6 Å². The largest absolute Gasteiger partial charge is 0.490 e. The molecule has 212 valence electrons. The summed E-state index contributed by atoms with van der Waals surface area (Å²) in [6.07, 6.45) is 2.32. The monoisotopic (exact) mass is 542 g/mol. The topological polar surface area (TPSA) is 102 Å². The maximum absolute atomic E-state index is 14.9. The Morgan fingerprint density at radius 1 is 0.846 bits per heavy atom. The number of aliphatic hydroxyl groups is 2. The standard InChI is InChI=1S/C31H39FO7/c1-6-7-8-9-24-10-12-26(13-11-24)27-14-15-29(28(32)16-27)37-17-25(18-38-30(35)20(2)22(4)33)19-39-31(36)21(3)23(5)34/h10-16,22-23,25,33-34H,2-3,6-9,17-19H2,1,4-5H3. The molecule has 0 saturated heterocycles. The van der Waals surface area contributed by atoms with Crippen molar-refractivity contribution in [2.75, 3.05) is 19.8 Å². The molecule has 0 aliphatic heterocycles. The van der Waals surface area contributed by atoms with Crippen molar-refractivity contribution >= 4 is 11.9 Å². The number of hydrogen-bond donors (Lipinski definition) is 2. The molecule has 0 aliphatic rings. The zero-order valence-electron chi connectivity index (χ0n) is 23.0. The van der Waals surface area contributed by atoms with Gasteiger partial charge >= 0.3 is 11.9 Å². The molecule has 2 N–H and O–H groups in total. The fourth-order valence-electron chi connectivity index (χ4n) is 3.51. The fourth-order valence-corrected chi connectivity index (χ4v) is 3.51. The van der Waals surface area contributed by atoms with Crippen LogP contribution in [0.3, 0.4) is 0 Å². The van der Waals surface area contributed by atoms with E-state index in [9.17, 15) is 24.2 Å². The van der Waals surface area contributed by atoms with Crippen molar-refractivity contribution in [1.29, 1.82) is 0 Å². The summed E-state index contributed by atoms with van der Waals surface area (Å²) in [4.78, 5) is 24.1. The van der Waals surface area contributed by atoms with Crippen LogP contribution in [0.1, 0.15) is 45.6 Å². The van der Waals surface area contributed by atoms with Gasteiger partial charge in [0.2, 0.25) is 0 Å². The van der Waals surface area contributed by atoms with Gasteiger partial charge in [-0.1, -0.05) is 63.3 Å². The van der Waals surface area contributed by atoms with Crippen LogP contribution in [0.2, 0.25) is 0 Å². The van der Waals surface area contributed by atoms with Gasteiger partial charge in [0.25, 0.3) is 0 Å². The highest BCUT2D eigenvalue weighted by molar-refractivity contribution is 5.89. The number of aryl methyl sites for hydroxylation is 1. The molecule has 0 bridgehead atoms. The molecule has 2 rings (SSSR count). The molecule has 0 amide bonds. The fraction of sp³-hybridized carbons (Fsp3) is 0.419.